The van der Waals surface area contributed by atoms with Crippen molar-refractivity contribution in [1.82, 2.24) is 4.90 Å². The number of aliphatic hydroxyl groups excluding tert-OH is 1. The van der Waals surface area contributed by atoms with Crippen LogP contribution in [0, 0.1) is 0 Å². The second-order valence-corrected chi connectivity index (χ2v) is 6.76. The van der Waals surface area contributed by atoms with Crippen molar-refractivity contribution in [2.24, 2.45) is 0 Å². The van der Waals surface area contributed by atoms with E-state index < -0.39 is 6.10 Å². The monoisotopic (exact) mass is 331 g/mol. The van der Waals surface area contributed by atoms with Gasteiger partial charge in [-0.3, -0.25) is 4.90 Å². The molecule has 0 amide bonds. The lowest BCUT2D eigenvalue weighted by Crippen LogP contribution is -2.36. The van der Waals surface area contributed by atoms with Crippen LogP contribution in [0.5, 0.6) is 0 Å². The summed E-state index contributed by atoms with van der Waals surface area (Å²) in [6, 6.07) is 6.27. The van der Waals surface area contributed by atoms with Crippen molar-refractivity contribution in [3.05, 3.63) is 33.8 Å². The van der Waals surface area contributed by atoms with E-state index in [-0.39, 0.29) is 6.10 Å². The van der Waals surface area contributed by atoms with Crippen LogP contribution in [-0.2, 0) is 11.3 Å². The number of rotatable bonds is 8. The summed E-state index contributed by atoms with van der Waals surface area (Å²) in [4.78, 5) is 2.30. The molecule has 1 fully saturated rings. The fourth-order valence-electron chi connectivity index (χ4n) is 2.28. The molecule has 1 aromatic rings. The summed E-state index contributed by atoms with van der Waals surface area (Å²) in [6.45, 7) is 5.72. The van der Waals surface area contributed by atoms with E-state index in [4.69, 9.17) is 27.9 Å². The second-order valence-electron chi connectivity index (χ2n) is 5.94. The summed E-state index contributed by atoms with van der Waals surface area (Å²) in [5.74, 6) is 0. The molecule has 1 saturated carbocycles. The summed E-state index contributed by atoms with van der Waals surface area (Å²) in [5, 5.41) is 11.3. The van der Waals surface area contributed by atoms with Gasteiger partial charge in [0.2, 0.25) is 0 Å². The highest BCUT2D eigenvalue weighted by Crippen LogP contribution is 2.30. The maximum atomic E-state index is 10.1. The minimum absolute atomic E-state index is 0.143. The zero-order valence-electron chi connectivity index (χ0n) is 12.6. The van der Waals surface area contributed by atoms with Crippen LogP contribution >= 0.6 is 23.2 Å². The van der Waals surface area contributed by atoms with E-state index in [1.54, 1.807) is 0 Å². The third-order valence-corrected chi connectivity index (χ3v) is 4.24. The van der Waals surface area contributed by atoms with Crippen LogP contribution in [0.25, 0.3) is 0 Å². The maximum absolute atomic E-state index is 10.1. The van der Waals surface area contributed by atoms with E-state index in [1.165, 1.54) is 12.8 Å². The molecular formula is C16H23Cl2NO2. The molecule has 0 bridgehead atoms. The molecule has 3 nitrogen and oxygen atoms in total. The van der Waals surface area contributed by atoms with Crippen LogP contribution in [0.3, 0.4) is 0 Å². The SMILES string of the molecule is CC(C)OCC(O)CN(Cc1ccc(Cl)c(Cl)c1)C1CC1. The van der Waals surface area contributed by atoms with E-state index >= 15 is 0 Å². The number of aliphatic hydroxyl groups is 1. The van der Waals surface area contributed by atoms with Gasteiger partial charge in [0.1, 0.15) is 0 Å². The van der Waals surface area contributed by atoms with E-state index in [1.807, 2.05) is 32.0 Å². The fourth-order valence-corrected chi connectivity index (χ4v) is 2.60. The van der Waals surface area contributed by atoms with Gasteiger partial charge in [0.05, 0.1) is 28.9 Å². The maximum Gasteiger partial charge on any atom is 0.0900 e. The number of nitrogens with zero attached hydrogens (tertiary/aromatic N) is 1. The molecule has 1 aromatic carbocycles. The van der Waals surface area contributed by atoms with Crippen molar-refractivity contribution < 1.29 is 9.84 Å². The van der Waals surface area contributed by atoms with Crippen molar-refractivity contribution in [2.45, 2.75) is 51.5 Å². The molecule has 21 heavy (non-hydrogen) atoms. The molecule has 2 rings (SSSR count). The van der Waals surface area contributed by atoms with Gasteiger partial charge >= 0.3 is 0 Å². The molecule has 5 heteroatoms. The van der Waals surface area contributed by atoms with Crippen molar-refractivity contribution in [3.8, 4) is 0 Å². The Bertz CT molecular complexity index is 464. The van der Waals surface area contributed by atoms with Crippen LogP contribution in [0.1, 0.15) is 32.3 Å². The molecule has 1 atom stereocenters. The molecule has 0 aromatic heterocycles. The van der Waals surface area contributed by atoms with Crippen LogP contribution in [-0.4, -0.2) is 41.4 Å². The van der Waals surface area contributed by atoms with Gasteiger partial charge in [-0.25, -0.2) is 0 Å². The Hall–Kier alpha value is -0.320. The Morgan fingerprint density at radius 3 is 2.57 bits per heavy atom. The smallest absolute Gasteiger partial charge is 0.0900 e. The Balaban J connectivity index is 1.91. The van der Waals surface area contributed by atoms with E-state index in [0.717, 1.165) is 12.1 Å². The van der Waals surface area contributed by atoms with Gasteiger partial charge in [-0.05, 0) is 44.4 Å². The highest BCUT2D eigenvalue weighted by atomic mass is 35.5. The van der Waals surface area contributed by atoms with Gasteiger partial charge in [-0.2, -0.15) is 0 Å². The Kier molecular flexibility index (Phi) is 6.33. The van der Waals surface area contributed by atoms with Crippen LogP contribution < -0.4 is 0 Å². The number of hydrogen-bond donors (Lipinski definition) is 1. The summed E-state index contributed by atoms with van der Waals surface area (Å²) >= 11 is 12.0. The molecule has 0 spiro atoms. The molecule has 118 valence electrons. The zero-order valence-corrected chi connectivity index (χ0v) is 14.1. The van der Waals surface area contributed by atoms with Gasteiger partial charge in [0, 0.05) is 19.1 Å². The topological polar surface area (TPSA) is 32.7 Å². The van der Waals surface area contributed by atoms with Crippen molar-refractivity contribution in [1.29, 1.82) is 0 Å². The molecule has 0 heterocycles. The van der Waals surface area contributed by atoms with Crippen molar-refractivity contribution in [3.63, 3.8) is 0 Å². The van der Waals surface area contributed by atoms with E-state index in [0.29, 0.717) is 29.2 Å². The molecule has 0 saturated heterocycles. The van der Waals surface area contributed by atoms with Gasteiger partial charge in [0.15, 0.2) is 0 Å². The summed E-state index contributed by atoms with van der Waals surface area (Å²) in [7, 11) is 0. The summed E-state index contributed by atoms with van der Waals surface area (Å²) in [5.41, 5.74) is 1.12. The molecular weight excluding hydrogens is 309 g/mol. The number of ether oxygens (including phenoxy) is 1. The first-order valence-electron chi connectivity index (χ1n) is 7.43. The molecule has 1 aliphatic rings. The lowest BCUT2D eigenvalue weighted by molar-refractivity contribution is -0.0107. The third-order valence-electron chi connectivity index (χ3n) is 3.50. The van der Waals surface area contributed by atoms with Gasteiger partial charge < -0.3 is 9.84 Å². The fraction of sp³-hybridized carbons (Fsp3) is 0.625. The van der Waals surface area contributed by atoms with Crippen molar-refractivity contribution in [2.75, 3.05) is 13.2 Å². The standard InChI is InChI=1S/C16H23Cl2NO2/c1-11(2)21-10-14(20)9-19(13-4-5-13)8-12-3-6-15(17)16(18)7-12/h3,6-7,11,13-14,20H,4-5,8-10H2,1-2H3. The second kappa shape index (κ2) is 7.80. The highest BCUT2D eigenvalue weighted by molar-refractivity contribution is 6.42. The number of hydrogen-bond acceptors (Lipinski definition) is 3. The average Bonchev–Trinajstić information content (AvgIpc) is 3.24. The zero-order chi connectivity index (χ0) is 15.4. The normalized spacial score (nSPS) is 16.7. The third kappa shape index (κ3) is 5.76. The first-order valence-corrected chi connectivity index (χ1v) is 8.19. The minimum atomic E-state index is -0.462. The Morgan fingerprint density at radius 2 is 2.00 bits per heavy atom. The van der Waals surface area contributed by atoms with Gasteiger partial charge in [0.25, 0.3) is 0 Å². The predicted octanol–water partition coefficient (Wildman–Crippen LogP) is 3.74. The predicted molar refractivity (Wildman–Crippen MR) is 87.0 cm³/mol. The summed E-state index contributed by atoms with van der Waals surface area (Å²) < 4.78 is 5.47. The Labute approximate surface area is 136 Å². The number of halogens is 2. The van der Waals surface area contributed by atoms with Crippen LogP contribution in [0.4, 0.5) is 0 Å². The lowest BCUT2D eigenvalue weighted by Gasteiger charge is -2.25. The first kappa shape index (κ1) is 17.0. The molecule has 1 N–H and O–H groups in total. The van der Waals surface area contributed by atoms with Gasteiger partial charge in [-0.1, -0.05) is 29.3 Å². The van der Waals surface area contributed by atoms with E-state index in [2.05, 4.69) is 4.90 Å². The molecule has 1 unspecified atom stereocenters. The molecule has 1 aliphatic carbocycles. The highest BCUT2D eigenvalue weighted by Gasteiger charge is 2.30. The van der Waals surface area contributed by atoms with E-state index in [9.17, 15) is 5.11 Å². The van der Waals surface area contributed by atoms with Crippen LogP contribution in [0.2, 0.25) is 10.0 Å². The number of benzene rings is 1. The van der Waals surface area contributed by atoms with Crippen molar-refractivity contribution >= 4 is 23.2 Å². The molecule has 0 aliphatic heterocycles. The lowest BCUT2D eigenvalue weighted by atomic mass is 10.2. The average molecular weight is 332 g/mol. The first-order chi connectivity index (χ1) is 9.95. The minimum Gasteiger partial charge on any atom is -0.389 e. The molecule has 0 radical (unpaired) electrons. The largest absolute Gasteiger partial charge is 0.389 e. The Morgan fingerprint density at radius 1 is 1.29 bits per heavy atom. The van der Waals surface area contributed by atoms with Crippen LogP contribution in [0.15, 0.2) is 18.2 Å². The summed E-state index contributed by atoms with van der Waals surface area (Å²) in [6.07, 6.45) is 2.07. The quantitative estimate of drug-likeness (QED) is 0.787. The van der Waals surface area contributed by atoms with Gasteiger partial charge in [-0.15, -0.1) is 0 Å².